The Balaban J connectivity index is 1.78. The summed E-state index contributed by atoms with van der Waals surface area (Å²) in [5, 5.41) is 5.43. The van der Waals surface area contributed by atoms with E-state index in [-0.39, 0.29) is 23.7 Å². The van der Waals surface area contributed by atoms with E-state index in [0.29, 0.717) is 25.8 Å². The minimum Gasteiger partial charge on any atom is -0.349 e. The number of Topliss-reactive ketones (excluding diaryl/α,β-unsaturated/α-hetero) is 2. The molecule has 3 rings (SSSR count). The van der Waals surface area contributed by atoms with E-state index in [0.717, 1.165) is 10.7 Å². The van der Waals surface area contributed by atoms with E-state index in [9.17, 15) is 22.8 Å². The number of sulfonamides is 1. The molecule has 2 atom stereocenters. The van der Waals surface area contributed by atoms with E-state index < -0.39 is 39.5 Å². The van der Waals surface area contributed by atoms with Crippen LogP contribution in [0, 0.1) is 11.8 Å². The highest BCUT2D eigenvalue weighted by Crippen LogP contribution is 2.21. The van der Waals surface area contributed by atoms with E-state index in [1.807, 2.05) is 19.2 Å². The Morgan fingerprint density at radius 1 is 1.21 bits per heavy atom. The van der Waals surface area contributed by atoms with Gasteiger partial charge in [0.25, 0.3) is 5.91 Å². The molecule has 33 heavy (non-hydrogen) atoms. The molecular weight excluding hydrogens is 462 g/mol. The second-order valence-electron chi connectivity index (χ2n) is 8.63. The van der Waals surface area contributed by atoms with E-state index >= 15 is 0 Å². The molecule has 0 saturated heterocycles. The molecule has 2 bridgehead atoms. The molecule has 10 heteroatoms. The minimum absolute atomic E-state index is 0.0393. The van der Waals surface area contributed by atoms with E-state index in [2.05, 4.69) is 15.0 Å². The molecule has 2 aromatic rings. The fourth-order valence-corrected chi connectivity index (χ4v) is 5.83. The summed E-state index contributed by atoms with van der Waals surface area (Å²) in [6.45, 7) is 4.08. The summed E-state index contributed by atoms with van der Waals surface area (Å²) in [6, 6.07) is 6.85. The second kappa shape index (κ2) is 11.1. The Bertz CT molecular complexity index is 1100. The van der Waals surface area contributed by atoms with Gasteiger partial charge in [-0.15, -0.1) is 11.3 Å². The molecule has 8 nitrogen and oxygen atoms in total. The SMILES string of the molecule is CC(C)CC(NS(=O)(=O)c1ccccc1)C(=O)CC1CCc2csc(n2)CCNC(=O)C1=O. The third kappa shape index (κ3) is 7.02. The summed E-state index contributed by atoms with van der Waals surface area (Å²) in [5.41, 5.74) is 0.832. The van der Waals surface area contributed by atoms with Gasteiger partial charge in [0.2, 0.25) is 15.8 Å². The topological polar surface area (TPSA) is 122 Å². The highest BCUT2D eigenvalue weighted by Gasteiger charge is 2.33. The number of aryl methyl sites for hydroxylation is 1. The van der Waals surface area contributed by atoms with Crippen molar-refractivity contribution >= 4 is 38.8 Å². The summed E-state index contributed by atoms with van der Waals surface area (Å²) < 4.78 is 28.2. The van der Waals surface area contributed by atoms with Crippen molar-refractivity contribution in [1.29, 1.82) is 0 Å². The lowest BCUT2D eigenvalue weighted by Gasteiger charge is -2.22. The van der Waals surface area contributed by atoms with E-state index in [1.165, 1.54) is 23.5 Å². The zero-order valence-electron chi connectivity index (χ0n) is 18.7. The third-order valence-corrected chi connectivity index (χ3v) is 7.91. The van der Waals surface area contributed by atoms with Crippen LogP contribution >= 0.6 is 11.3 Å². The average molecular weight is 492 g/mol. The van der Waals surface area contributed by atoms with Crippen LogP contribution in [0.25, 0.3) is 0 Å². The van der Waals surface area contributed by atoms with Crippen LogP contribution in [0.1, 0.15) is 43.8 Å². The first-order valence-electron chi connectivity index (χ1n) is 11.0. The van der Waals surface area contributed by atoms with Gasteiger partial charge in [0, 0.05) is 30.7 Å². The number of rotatable bonds is 8. The lowest BCUT2D eigenvalue weighted by Crippen LogP contribution is -2.44. The fraction of sp³-hybridized carbons (Fsp3) is 0.478. The molecule has 2 heterocycles. The van der Waals surface area contributed by atoms with Crippen LogP contribution in [0.4, 0.5) is 0 Å². The lowest BCUT2D eigenvalue weighted by atomic mass is 9.88. The number of carbonyl (C=O) groups excluding carboxylic acids is 3. The number of hydrogen-bond acceptors (Lipinski definition) is 7. The number of hydrogen-bond donors (Lipinski definition) is 2. The van der Waals surface area contributed by atoms with Crippen LogP contribution in [0.2, 0.25) is 0 Å². The van der Waals surface area contributed by atoms with Gasteiger partial charge in [0.15, 0.2) is 5.78 Å². The van der Waals surface area contributed by atoms with Crippen molar-refractivity contribution in [2.45, 2.75) is 56.9 Å². The molecule has 1 aliphatic heterocycles. The predicted molar refractivity (Wildman–Crippen MR) is 125 cm³/mol. The van der Waals surface area contributed by atoms with Gasteiger partial charge in [0.1, 0.15) is 0 Å². The molecular formula is C23H29N3O5S2. The molecule has 0 radical (unpaired) electrons. The van der Waals surface area contributed by atoms with Crippen LogP contribution in [-0.2, 0) is 37.2 Å². The van der Waals surface area contributed by atoms with Crippen molar-refractivity contribution in [3.05, 3.63) is 46.4 Å². The van der Waals surface area contributed by atoms with Crippen LogP contribution in [0.15, 0.2) is 40.6 Å². The smallest absolute Gasteiger partial charge is 0.287 e. The van der Waals surface area contributed by atoms with Crippen LogP contribution in [0.5, 0.6) is 0 Å². The normalized spacial score (nSPS) is 18.5. The molecule has 0 fully saturated rings. The van der Waals surface area contributed by atoms with Crippen molar-refractivity contribution in [2.75, 3.05) is 6.54 Å². The number of benzene rings is 1. The number of aromatic nitrogens is 1. The van der Waals surface area contributed by atoms with Crippen LogP contribution in [0.3, 0.4) is 0 Å². The zero-order chi connectivity index (χ0) is 24.0. The van der Waals surface area contributed by atoms with Crippen molar-refractivity contribution in [2.24, 2.45) is 11.8 Å². The first-order valence-corrected chi connectivity index (χ1v) is 13.4. The summed E-state index contributed by atoms with van der Waals surface area (Å²) in [6.07, 6.45) is 1.38. The Morgan fingerprint density at radius 3 is 2.64 bits per heavy atom. The highest BCUT2D eigenvalue weighted by atomic mass is 32.2. The molecule has 2 unspecified atom stereocenters. The fourth-order valence-electron chi connectivity index (χ4n) is 3.74. The van der Waals surface area contributed by atoms with Gasteiger partial charge < -0.3 is 5.32 Å². The highest BCUT2D eigenvalue weighted by molar-refractivity contribution is 7.89. The molecule has 0 saturated carbocycles. The number of carbonyl (C=O) groups is 3. The number of thiazole rings is 1. The maximum Gasteiger partial charge on any atom is 0.287 e. The van der Waals surface area contributed by atoms with Gasteiger partial charge >= 0.3 is 0 Å². The molecule has 178 valence electrons. The Morgan fingerprint density at radius 2 is 1.94 bits per heavy atom. The predicted octanol–water partition coefficient (Wildman–Crippen LogP) is 2.29. The largest absolute Gasteiger partial charge is 0.349 e. The Kier molecular flexibility index (Phi) is 8.50. The zero-order valence-corrected chi connectivity index (χ0v) is 20.4. The first kappa shape index (κ1) is 25.2. The van der Waals surface area contributed by atoms with Crippen LogP contribution < -0.4 is 10.0 Å². The average Bonchev–Trinajstić information content (AvgIpc) is 3.22. The Labute approximate surface area is 198 Å². The molecule has 1 amide bonds. The number of nitrogens with zero attached hydrogens (tertiary/aromatic N) is 1. The standard InChI is InChI=1S/C23H29N3O5S2/c1-15(2)12-19(26-33(30,31)18-6-4-3-5-7-18)20(27)13-16-8-9-17-14-32-21(25-17)10-11-24-23(29)22(16)28/h3-7,14-16,19,26H,8-13H2,1-2H3,(H,24,29). The summed E-state index contributed by atoms with van der Waals surface area (Å²) in [4.78, 5) is 43.0. The maximum absolute atomic E-state index is 13.2. The lowest BCUT2D eigenvalue weighted by molar-refractivity contribution is -0.141. The number of fused-ring (bicyclic) bond motifs is 2. The molecule has 0 aliphatic carbocycles. The molecule has 1 aliphatic rings. The first-order chi connectivity index (χ1) is 15.7. The summed E-state index contributed by atoms with van der Waals surface area (Å²) in [5.74, 6) is -2.55. The van der Waals surface area contributed by atoms with Crippen LogP contribution in [-0.4, -0.2) is 43.5 Å². The van der Waals surface area contributed by atoms with Gasteiger partial charge in [-0.05, 0) is 37.3 Å². The monoisotopic (exact) mass is 491 g/mol. The molecule has 1 aromatic carbocycles. The summed E-state index contributed by atoms with van der Waals surface area (Å²) in [7, 11) is -3.92. The van der Waals surface area contributed by atoms with Crippen molar-refractivity contribution in [3.8, 4) is 0 Å². The molecule has 1 aromatic heterocycles. The van der Waals surface area contributed by atoms with E-state index in [1.54, 1.807) is 18.2 Å². The molecule has 0 spiro atoms. The quantitative estimate of drug-likeness (QED) is 0.547. The molecule has 2 N–H and O–H groups in total. The number of amides is 1. The minimum atomic E-state index is -3.92. The van der Waals surface area contributed by atoms with Crippen molar-refractivity contribution < 1.29 is 22.8 Å². The van der Waals surface area contributed by atoms with Crippen molar-refractivity contribution in [1.82, 2.24) is 15.0 Å². The van der Waals surface area contributed by atoms with Gasteiger partial charge in [-0.2, -0.15) is 0 Å². The van der Waals surface area contributed by atoms with Crippen molar-refractivity contribution in [3.63, 3.8) is 0 Å². The second-order valence-corrected chi connectivity index (χ2v) is 11.3. The van der Waals surface area contributed by atoms with E-state index in [4.69, 9.17) is 0 Å². The third-order valence-electron chi connectivity index (χ3n) is 5.46. The van der Waals surface area contributed by atoms with Gasteiger partial charge in [-0.25, -0.2) is 18.1 Å². The van der Waals surface area contributed by atoms with Gasteiger partial charge in [-0.1, -0.05) is 32.0 Å². The van der Waals surface area contributed by atoms with Gasteiger partial charge in [0.05, 0.1) is 21.6 Å². The van der Waals surface area contributed by atoms with Gasteiger partial charge in [-0.3, -0.25) is 14.4 Å². The number of nitrogens with one attached hydrogen (secondary N) is 2. The maximum atomic E-state index is 13.2. The number of ketones is 2. The summed E-state index contributed by atoms with van der Waals surface area (Å²) >= 11 is 1.51. The Hall–Kier alpha value is -2.43.